The summed E-state index contributed by atoms with van der Waals surface area (Å²) in [6, 6.07) is 5.75. The van der Waals surface area contributed by atoms with E-state index in [4.69, 9.17) is 15.1 Å². The number of carbonyl (C=O) groups is 1. The van der Waals surface area contributed by atoms with Crippen molar-refractivity contribution in [2.45, 2.75) is 39.7 Å². The second-order valence-electron chi connectivity index (χ2n) is 8.00. The fourth-order valence-electron chi connectivity index (χ4n) is 3.47. The molecule has 9 nitrogen and oxygen atoms in total. The second-order valence-corrected chi connectivity index (χ2v) is 8.00. The lowest BCUT2D eigenvalue weighted by Gasteiger charge is -2.28. The first kappa shape index (κ1) is 21.0. The third-order valence-electron chi connectivity index (χ3n) is 4.63. The molecule has 0 aliphatic rings. The highest BCUT2D eigenvalue weighted by atomic mass is 16.5. The molecule has 0 saturated carbocycles. The zero-order valence-corrected chi connectivity index (χ0v) is 17.4. The summed E-state index contributed by atoms with van der Waals surface area (Å²) in [6.07, 6.45) is 4.41. The molecule has 0 fully saturated rings. The molecule has 0 aromatic carbocycles. The van der Waals surface area contributed by atoms with Crippen LogP contribution in [0.3, 0.4) is 0 Å². The normalized spacial score (nSPS) is 12.4. The molecule has 3 heterocycles. The molecule has 30 heavy (non-hydrogen) atoms. The summed E-state index contributed by atoms with van der Waals surface area (Å²) in [5.41, 5.74) is 2.73. The number of hydrogen-bond donors (Lipinski definition) is 2. The molecule has 2 N–H and O–H groups in total. The van der Waals surface area contributed by atoms with E-state index >= 15 is 0 Å². The average molecular weight is 408 g/mol. The first-order valence-corrected chi connectivity index (χ1v) is 9.54. The van der Waals surface area contributed by atoms with Gasteiger partial charge in [0.1, 0.15) is 11.8 Å². The number of amides is 1. The van der Waals surface area contributed by atoms with Crippen LogP contribution in [0.15, 0.2) is 30.7 Å². The first-order valence-electron chi connectivity index (χ1n) is 9.54. The number of hydrogen-bond acceptors (Lipinski definition) is 6. The van der Waals surface area contributed by atoms with Gasteiger partial charge in [-0.05, 0) is 45.2 Å². The minimum absolute atomic E-state index is 0.143. The molecule has 0 aliphatic carbocycles. The number of nitrogens with zero attached hydrogens (tertiary/aromatic N) is 5. The summed E-state index contributed by atoms with van der Waals surface area (Å²) in [7, 11) is 0. The van der Waals surface area contributed by atoms with Gasteiger partial charge in [-0.3, -0.25) is 0 Å². The van der Waals surface area contributed by atoms with Crippen LogP contribution in [0.25, 0.3) is 16.9 Å². The number of pyridine rings is 1. The summed E-state index contributed by atoms with van der Waals surface area (Å²) in [5.74, 6) is 0.815. The fraction of sp³-hybridized carbons (Fsp3) is 0.381. The monoisotopic (exact) mass is 408 g/mol. The Bertz CT molecular complexity index is 1120. The van der Waals surface area contributed by atoms with Crippen LogP contribution in [0.1, 0.15) is 38.4 Å². The number of nitriles is 1. The van der Waals surface area contributed by atoms with E-state index in [1.165, 1.54) is 6.20 Å². The first-order chi connectivity index (χ1) is 14.2. The number of aryl methyl sites for hydroxylation is 1. The fourth-order valence-corrected chi connectivity index (χ4v) is 3.47. The Morgan fingerprint density at radius 3 is 2.83 bits per heavy atom. The van der Waals surface area contributed by atoms with E-state index in [0.29, 0.717) is 35.7 Å². The Hall–Kier alpha value is -3.67. The Morgan fingerprint density at radius 1 is 1.40 bits per heavy atom. The number of nitrogens with one attached hydrogen (secondary N) is 1. The highest BCUT2D eigenvalue weighted by Gasteiger charge is 2.23. The number of fused-ring (bicyclic) bond motifs is 1. The van der Waals surface area contributed by atoms with E-state index in [2.05, 4.69) is 20.4 Å². The minimum Gasteiger partial charge on any atom is -0.491 e. The lowest BCUT2D eigenvalue weighted by atomic mass is 9.92. The molecule has 1 amide bonds. The summed E-state index contributed by atoms with van der Waals surface area (Å²) in [5, 5.41) is 24.7. The van der Waals surface area contributed by atoms with Crippen LogP contribution in [0.5, 0.6) is 5.75 Å². The van der Waals surface area contributed by atoms with Gasteiger partial charge in [-0.25, -0.2) is 19.3 Å². The molecular formula is C21H24N6O3. The number of rotatable bonds is 7. The van der Waals surface area contributed by atoms with Gasteiger partial charge in [-0.15, -0.1) is 0 Å². The van der Waals surface area contributed by atoms with Gasteiger partial charge in [-0.1, -0.05) is 6.92 Å². The van der Waals surface area contributed by atoms with Gasteiger partial charge in [0.25, 0.3) is 0 Å². The number of carboxylic acid groups (broad SMARTS) is 1. The molecule has 0 aliphatic heterocycles. The quantitative estimate of drug-likeness (QED) is 0.613. The Morgan fingerprint density at radius 2 is 2.17 bits per heavy atom. The molecule has 0 spiro atoms. The zero-order chi connectivity index (χ0) is 21.9. The largest absolute Gasteiger partial charge is 0.491 e. The van der Waals surface area contributed by atoms with Crippen LogP contribution in [0, 0.1) is 24.2 Å². The maximum atomic E-state index is 10.9. The zero-order valence-electron chi connectivity index (χ0n) is 17.4. The summed E-state index contributed by atoms with van der Waals surface area (Å²) >= 11 is 0. The molecule has 9 heteroatoms. The van der Waals surface area contributed by atoms with Crippen LogP contribution in [-0.4, -0.2) is 42.9 Å². The number of aromatic nitrogens is 4. The lowest BCUT2D eigenvalue weighted by Crippen LogP contribution is -2.44. The molecule has 3 rings (SSSR count). The van der Waals surface area contributed by atoms with Crippen molar-refractivity contribution >= 4 is 11.7 Å². The van der Waals surface area contributed by atoms with E-state index in [1.54, 1.807) is 16.9 Å². The third-order valence-corrected chi connectivity index (χ3v) is 4.63. The van der Waals surface area contributed by atoms with Gasteiger partial charge in [0.2, 0.25) is 0 Å². The van der Waals surface area contributed by atoms with Gasteiger partial charge in [0.05, 0.1) is 41.5 Å². The Labute approximate surface area is 174 Å². The van der Waals surface area contributed by atoms with E-state index in [9.17, 15) is 4.79 Å². The smallest absolute Gasteiger partial charge is 0.405 e. The van der Waals surface area contributed by atoms with Crippen LogP contribution < -0.4 is 10.1 Å². The maximum absolute atomic E-state index is 10.9. The van der Waals surface area contributed by atoms with Gasteiger partial charge in [0.15, 0.2) is 5.65 Å². The van der Waals surface area contributed by atoms with Gasteiger partial charge < -0.3 is 15.2 Å². The molecule has 156 valence electrons. The Kier molecular flexibility index (Phi) is 5.87. The predicted molar refractivity (Wildman–Crippen MR) is 110 cm³/mol. The third kappa shape index (κ3) is 4.84. The van der Waals surface area contributed by atoms with E-state index in [0.717, 1.165) is 11.3 Å². The molecule has 0 bridgehead atoms. The predicted octanol–water partition coefficient (Wildman–Crippen LogP) is 3.42. The van der Waals surface area contributed by atoms with Crippen LogP contribution >= 0.6 is 0 Å². The van der Waals surface area contributed by atoms with Crippen LogP contribution in [0.4, 0.5) is 4.79 Å². The summed E-state index contributed by atoms with van der Waals surface area (Å²) in [4.78, 5) is 19.8. The number of ether oxygens (including phenoxy) is 1. The topological polar surface area (TPSA) is 125 Å². The van der Waals surface area contributed by atoms with E-state index in [1.807, 2.05) is 45.9 Å². The van der Waals surface area contributed by atoms with Gasteiger partial charge in [-0.2, -0.15) is 10.4 Å². The van der Waals surface area contributed by atoms with Crippen molar-refractivity contribution in [3.8, 4) is 23.1 Å². The summed E-state index contributed by atoms with van der Waals surface area (Å²) in [6.45, 7) is 8.03. The highest BCUT2D eigenvalue weighted by molar-refractivity contribution is 5.74. The SMILES string of the molecule is Cc1nc(-c2cnn3cc(C#N)cnc23)ccc1OC[C@@H](C)CC(C)(C)NC(=O)O. The van der Waals surface area contributed by atoms with Crippen molar-refractivity contribution < 1.29 is 14.6 Å². The van der Waals surface area contributed by atoms with E-state index < -0.39 is 11.6 Å². The van der Waals surface area contributed by atoms with E-state index in [-0.39, 0.29) is 5.92 Å². The molecule has 1 atom stereocenters. The van der Waals surface area contributed by atoms with Crippen LogP contribution in [-0.2, 0) is 0 Å². The Balaban J connectivity index is 1.70. The second kappa shape index (κ2) is 8.37. The highest BCUT2D eigenvalue weighted by Crippen LogP contribution is 2.26. The summed E-state index contributed by atoms with van der Waals surface area (Å²) < 4.78 is 7.49. The molecule has 0 unspecified atom stereocenters. The van der Waals surface area contributed by atoms with Crippen LogP contribution in [0.2, 0.25) is 0 Å². The van der Waals surface area contributed by atoms with Gasteiger partial charge >= 0.3 is 6.09 Å². The molecular weight excluding hydrogens is 384 g/mol. The molecule has 3 aromatic heterocycles. The average Bonchev–Trinajstić information content (AvgIpc) is 3.08. The van der Waals surface area contributed by atoms with Gasteiger partial charge in [0, 0.05) is 11.7 Å². The van der Waals surface area contributed by atoms with Crippen molar-refractivity contribution in [2.24, 2.45) is 5.92 Å². The molecule has 3 aromatic rings. The molecule has 0 saturated heterocycles. The van der Waals surface area contributed by atoms with Crippen molar-refractivity contribution in [3.63, 3.8) is 0 Å². The lowest BCUT2D eigenvalue weighted by molar-refractivity contribution is 0.169. The molecule has 0 radical (unpaired) electrons. The minimum atomic E-state index is -1.03. The van der Waals surface area contributed by atoms with Crippen molar-refractivity contribution in [1.29, 1.82) is 5.26 Å². The van der Waals surface area contributed by atoms with Crippen molar-refractivity contribution in [1.82, 2.24) is 24.9 Å². The van der Waals surface area contributed by atoms with Crippen molar-refractivity contribution in [3.05, 3.63) is 42.0 Å². The standard InChI is InChI=1S/C21H24N6O3/c1-13(7-21(3,4)26-20(28)29)12-30-18-6-5-17(25-14(18)2)16-10-24-27-11-15(8-22)9-23-19(16)27/h5-6,9-11,13,26H,7,12H2,1-4H3,(H,28,29)/t13-/m0/s1. The maximum Gasteiger partial charge on any atom is 0.405 e. The van der Waals surface area contributed by atoms with Crippen molar-refractivity contribution in [2.75, 3.05) is 6.61 Å².